The van der Waals surface area contributed by atoms with Crippen molar-refractivity contribution in [3.63, 3.8) is 0 Å². The largest absolute Gasteiger partial charge is 0.216 e. The van der Waals surface area contributed by atoms with E-state index in [9.17, 15) is 4.39 Å². The third-order valence-electron chi connectivity index (χ3n) is 1.25. The molecule has 0 bridgehead atoms. The average Bonchev–Trinajstić information content (AvgIpc) is 1.89. The molecule has 9 heavy (non-hydrogen) atoms. The van der Waals surface area contributed by atoms with Gasteiger partial charge in [-0.15, -0.1) is 6.58 Å². The summed E-state index contributed by atoms with van der Waals surface area (Å²) in [7, 11) is 2.06. The maximum atomic E-state index is 11.3. The molecule has 0 aromatic carbocycles. The zero-order chi connectivity index (χ0) is 7.11. The van der Waals surface area contributed by atoms with E-state index in [1.165, 1.54) is 11.6 Å². The molecular weight excluding hydrogens is 114 g/mol. The Hall–Kier alpha value is -0.525. The zero-order valence-electron chi connectivity index (χ0n) is 5.86. The molecule has 0 nitrogen and oxygen atoms in total. The fourth-order valence-electron chi connectivity index (χ4n) is 0.527. The molecule has 0 atom stereocenters. The van der Waals surface area contributed by atoms with Crippen LogP contribution < -0.4 is 0 Å². The predicted octanol–water partition coefficient (Wildman–Crippen LogP) is 1.86. The van der Waals surface area contributed by atoms with Crippen molar-refractivity contribution in [1.82, 2.24) is 0 Å². The fraction of sp³-hybridized carbons (Fsp3) is 0.429. The summed E-state index contributed by atoms with van der Waals surface area (Å²) < 4.78 is 11.3. The van der Waals surface area contributed by atoms with Crippen LogP contribution in [0, 0.1) is 0 Å². The van der Waals surface area contributed by atoms with E-state index in [4.69, 9.17) is 0 Å². The Morgan fingerprint density at radius 2 is 2.33 bits per heavy atom. The van der Waals surface area contributed by atoms with Crippen molar-refractivity contribution >= 4 is 7.85 Å². The molecule has 0 rings (SSSR count). The lowest BCUT2D eigenvalue weighted by molar-refractivity contribution is 0.712. The van der Waals surface area contributed by atoms with E-state index in [-0.39, 0.29) is 0 Å². The van der Waals surface area contributed by atoms with Crippen LogP contribution in [0.1, 0.15) is 12.8 Å². The number of halogens is 1. The van der Waals surface area contributed by atoms with Crippen LogP contribution in [0.25, 0.3) is 0 Å². The van der Waals surface area contributed by atoms with Gasteiger partial charge in [0.1, 0.15) is 7.85 Å². The van der Waals surface area contributed by atoms with Gasteiger partial charge < -0.3 is 0 Å². The number of allylic oxidation sites excluding steroid dienone is 2. The second-order valence-corrected chi connectivity index (χ2v) is 2.00. The molecule has 0 N–H and O–H groups in total. The Morgan fingerprint density at radius 3 is 2.78 bits per heavy atom. The third-order valence-corrected chi connectivity index (χ3v) is 1.25. The van der Waals surface area contributed by atoms with Crippen LogP contribution in [0.4, 0.5) is 4.39 Å². The summed E-state index contributed by atoms with van der Waals surface area (Å²) in [5, 5.41) is 0. The molecule has 0 aliphatic carbocycles. The van der Waals surface area contributed by atoms with E-state index < -0.39 is 0 Å². The van der Waals surface area contributed by atoms with Gasteiger partial charge in [0, 0.05) is 0 Å². The molecular formula is C7H12BF. The fourth-order valence-corrected chi connectivity index (χ4v) is 0.527. The summed E-state index contributed by atoms with van der Waals surface area (Å²) in [5.41, 5.74) is 1.19. The van der Waals surface area contributed by atoms with Gasteiger partial charge in [-0.3, -0.25) is 0 Å². The molecule has 0 saturated heterocycles. The standard InChI is InChI=1S/C7H12BF/c1-7(6-8)4-2-3-5-9/h3,5H,1-2,4,6,8H2/b5-3-. The molecule has 50 valence electrons. The first-order valence-electron chi connectivity index (χ1n) is 3.23. The van der Waals surface area contributed by atoms with Crippen molar-refractivity contribution in [2.45, 2.75) is 19.2 Å². The van der Waals surface area contributed by atoms with Crippen LogP contribution in [0.2, 0.25) is 6.32 Å². The van der Waals surface area contributed by atoms with Gasteiger partial charge in [0.15, 0.2) is 0 Å². The van der Waals surface area contributed by atoms with Crippen LogP contribution in [-0.4, -0.2) is 7.85 Å². The summed E-state index contributed by atoms with van der Waals surface area (Å²) >= 11 is 0. The molecule has 0 aromatic heterocycles. The van der Waals surface area contributed by atoms with Gasteiger partial charge in [-0.1, -0.05) is 18.0 Å². The van der Waals surface area contributed by atoms with Gasteiger partial charge in [0.25, 0.3) is 0 Å². The van der Waals surface area contributed by atoms with E-state index in [1.54, 1.807) is 0 Å². The summed E-state index contributed by atoms with van der Waals surface area (Å²) in [6, 6.07) is 0. The first-order valence-corrected chi connectivity index (χ1v) is 3.23. The maximum Gasteiger partial charge on any atom is 0.106 e. The normalized spacial score (nSPS) is 10.3. The minimum absolute atomic E-state index is 0.586. The molecule has 0 amide bonds. The first kappa shape index (κ1) is 8.47. The highest BCUT2D eigenvalue weighted by atomic mass is 19.1. The van der Waals surface area contributed by atoms with E-state index in [1.807, 2.05) is 0 Å². The molecule has 2 heteroatoms. The molecule has 0 aromatic rings. The van der Waals surface area contributed by atoms with Crippen LogP contribution in [-0.2, 0) is 0 Å². The van der Waals surface area contributed by atoms with E-state index in [0.29, 0.717) is 6.33 Å². The molecule has 0 aliphatic rings. The molecule has 0 radical (unpaired) electrons. The number of hydrogen-bond donors (Lipinski definition) is 0. The Bertz CT molecular complexity index is 107. The number of rotatable bonds is 4. The Labute approximate surface area is 56.9 Å². The first-order chi connectivity index (χ1) is 4.31. The Morgan fingerprint density at radius 1 is 1.67 bits per heavy atom. The van der Waals surface area contributed by atoms with Crippen molar-refractivity contribution in [2.75, 3.05) is 0 Å². The average molecular weight is 126 g/mol. The van der Waals surface area contributed by atoms with Crippen LogP contribution in [0.3, 0.4) is 0 Å². The highest BCUT2D eigenvalue weighted by Gasteiger charge is 1.86. The number of hydrogen-bond acceptors (Lipinski definition) is 0. The van der Waals surface area contributed by atoms with Gasteiger partial charge in [-0.05, 0) is 12.8 Å². The lowest BCUT2D eigenvalue weighted by atomic mass is 9.95. The van der Waals surface area contributed by atoms with Crippen molar-refractivity contribution in [3.05, 3.63) is 24.6 Å². The van der Waals surface area contributed by atoms with Crippen LogP contribution >= 0.6 is 0 Å². The minimum atomic E-state index is 0.586. The summed E-state index contributed by atoms with van der Waals surface area (Å²) in [4.78, 5) is 0. The Kier molecular flexibility index (Phi) is 5.28. The van der Waals surface area contributed by atoms with Gasteiger partial charge in [-0.2, -0.15) is 0 Å². The van der Waals surface area contributed by atoms with E-state index in [2.05, 4.69) is 14.4 Å². The topological polar surface area (TPSA) is 0 Å². The van der Waals surface area contributed by atoms with E-state index >= 15 is 0 Å². The van der Waals surface area contributed by atoms with Gasteiger partial charge in [0.05, 0.1) is 6.33 Å². The van der Waals surface area contributed by atoms with Crippen molar-refractivity contribution in [3.8, 4) is 0 Å². The van der Waals surface area contributed by atoms with Crippen molar-refractivity contribution in [2.24, 2.45) is 0 Å². The monoisotopic (exact) mass is 126 g/mol. The Balaban J connectivity index is 3.17. The van der Waals surface area contributed by atoms with E-state index in [0.717, 1.165) is 19.2 Å². The molecule has 0 spiro atoms. The molecule has 0 saturated carbocycles. The molecule has 0 fully saturated rings. The van der Waals surface area contributed by atoms with Gasteiger partial charge in [0.2, 0.25) is 0 Å². The van der Waals surface area contributed by atoms with Gasteiger partial charge in [-0.25, -0.2) is 4.39 Å². The van der Waals surface area contributed by atoms with Crippen LogP contribution in [0.15, 0.2) is 24.6 Å². The predicted molar refractivity (Wildman–Crippen MR) is 42.0 cm³/mol. The second kappa shape index (κ2) is 5.61. The summed E-state index contributed by atoms with van der Waals surface area (Å²) in [6.45, 7) is 3.79. The van der Waals surface area contributed by atoms with Crippen LogP contribution in [0.5, 0.6) is 0 Å². The summed E-state index contributed by atoms with van der Waals surface area (Å²) in [6.07, 6.45) is 4.80. The maximum absolute atomic E-state index is 11.3. The molecule has 0 heterocycles. The molecule has 0 aliphatic heterocycles. The van der Waals surface area contributed by atoms with Gasteiger partial charge >= 0.3 is 0 Å². The van der Waals surface area contributed by atoms with Crippen molar-refractivity contribution in [1.29, 1.82) is 0 Å². The third kappa shape index (κ3) is 5.34. The lowest BCUT2D eigenvalue weighted by Gasteiger charge is -1.95. The molecule has 0 unspecified atom stereocenters. The smallest absolute Gasteiger partial charge is 0.106 e. The highest BCUT2D eigenvalue weighted by Crippen LogP contribution is 2.05. The SMILES string of the molecule is BCC(=C)CC/C=C\F. The summed E-state index contributed by atoms with van der Waals surface area (Å²) in [5.74, 6) is 0. The second-order valence-electron chi connectivity index (χ2n) is 2.00. The zero-order valence-corrected chi connectivity index (χ0v) is 5.86. The lowest BCUT2D eigenvalue weighted by Crippen LogP contribution is -1.77. The minimum Gasteiger partial charge on any atom is -0.216 e. The van der Waals surface area contributed by atoms with Crippen molar-refractivity contribution < 1.29 is 4.39 Å². The highest BCUT2D eigenvalue weighted by molar-refractivity contribution is 6.10. The quantitative estimate of drug-likeness (QED) is 0.398.